The Morgan fingerprint density at radius 3 is 2.39 bits per heavy atom. The highest BCUT2D eigenvalue weighted by Gasteiger charge is 2.04. The first kappa shape index (κ1) is 12.5. The Labute approximate surface area is 109 Å². The van der Waals surface area contributed by atoms with Gasteiger partial charge in [0.05, 0.1) is 13.1 Å². The van der Waals surface area contributed by atoms with E-state index in [1.54, 1.807) is 31.4 Å². The molecule has 0 bridgehead atoms. The summed E-state index contributed by atoms with van der Waals surface area (Å²) in [6.45, 7) is 0. The number of aromatic carboxylic acids is 1. The van der Waals surface area contributed by atoms with Crippen molar-refractivity contribution in [3.05, 3.63) is 54.1 Å². The van der Waals surface area contributed by atoms with Gasteiger partial charge in [-0.3, -0.25) is 0 Å². The third-order valence-electron chi connectivity index (χ3n) is 2.39. The molecule has 0 saturated heterocycles. The van der Waals surface area contributed by atoms with Crippen molar-refractivity contribution in [3.63, 3.8) is 0 Å². The van der Waals surface area contributed by atoms with Crippen LogP contribution >= 0.6 is 11.8 Å². The van der Waals surface area contributed by atoms with Crippen LogP contribution in [0.4, 0.5) is 0 Å². The average molecular weight is 259 g/mol. The predicted octanol–water partition coefficient (Wildman–Crippen LogP) is 2.21. The zero-order chi connectivity index (χ0) is 13.0. The molecule has 0 radical (unpaired) electrons. The van der Waals surface area contributed by atoms with E-state index in [0.29, 0.717) is 4.90 Å². The maximum Gasteiger partial charge on any atom is 0.118 e. The predicted molar refractivity (Wildman–Crippen MR) is 67.9 cm³/mol. The third kappa shape index (κ3) is 2.84. The largest absolute Gasteiger partial charge is 0.545 e. The van der Waals surface area contributed by atoms with Crippen LogP contribution in [0.15, 0.2) is 58.3 Å². The van der Waals surface area contributed by atoms with Crippen molar-refractivity contribution in [2.24, 2.45) is 0 Å². The molecule has 0 fully saturated rings. The first-order chi connectivity index (χ1) is 8.70. The monoisotopic (exact) mass is 259 g/mol. The van der Waals surface area contributed by atoms with Gasteiger partial charge in [-0.1, -0.05) is 30.0 Å². The van der Waals surface area contributed by atoms with E-state index in [2.05, 4.69) is 0 Å². The second-order valence-electron chi connectivity index (χ2n) is 3.56. The number of carboxylic acid groups (broad SMARTS) is 1. The van der Waals surface area contributed by atoms with Crippen molar-refractivity contribution >= 4 is 17.7 Å². The number of carbonyl (C=O) groups excluding carboxylic acids is 1. The zero-order valence-electron chi connectivity index (χ0n) is 9.75. The number of carboxylic acids is 1. The minimum atomic E-state index is -1.16. The van der Waals surface area contributed by atoms with Crippen LogP contribution in [-0.4, -0.2) is 13.1 Å². The molecular weight excluding hydrogens is 248 g/mol. The maximum atomic E-state index is 11.0. The molecule has 2 aromatic carbocycles. The van der Waals surface area contributed by atoms with Crippen molar-refractivity contribution in [1.82, 2.24) is 0 Å². The summed E-state index contributed by atoms with van der Waals surface area (Å²) in [5.41, 5.74) is 0.207. The zero-order valence-corrected chi connectivity index (χ0v) is 10.6. The Kier molecular flexibility index (Phi) is 3.89. The number of benzene rings is 2. The molecule has 2 rings (SSSR count). The fourth-order valence-corrected chi connectivity index (χ4v) is 2.43. The number of ether oxygens (including phenoxy) is 1. The van der Waals surface area contributed by atoms with Crippen molar-refractivity contribution in [1.29, 1.82) is 0 Å². The minimum absolute atomic E-state index is 0.207. The lowest BCUT2D eigenvalue weighted by Gasteiger charge is -2.09. The van der Waals surface area contributed by atoms with Gasteiger partial charge in [-0.2, -0.15) is 0 Å². The lowest BCUT2D eigenvalue weighted by Crippen LogP contribution is -2.22. The Balaban J connectivity index is 2.25. The van der Waals surface area contributed by atoms with E-state index >= 15 is 0 Å². The van der Waals surface area contributed by atoms with Gasteiger partial charge in [-0.05, 0) is 30.3 Å². The molecule has 2 aromatic rings. The van der Waals surface area contributed by atoms with E-state index in [4.69, 9.17) is 4.74 Å². The molecule has 0 aliphatic rings. The Hall–Kier alpha value is -1.94. The second-order valence-corrected chi connectivity index (χ2v) is 4.68. The molecule has 0 amide bonds. The van der Waals surface area contributed by atoms with Crippen molar-refractivity contribution in [2.45, 2.75) is 9.79 Å². The number of hydrogen-bond donors (Lipinski definition) is 0. The van der Waals surface area contributed by atoms with Crippen molar-refractivity contribution in [2.75, 3.05) is 7.11 Å². The number of carbonyl (C=O) groups is 1. The highest BCUT2D eigenvalue weighted by molar-refractivity contribution is 7.99. The van der Waals surface area contributed by atoms with E-state index in [1.165, 1.54) is 11.8 Å². The second kappa shape index (κ2) is 5.60. The molecule has 3 nitrogen and oxygen atoms in total. The van der Waals surface area contributed by atoms with E-state index < -0.39 is 5.97 Å². The van der Waals surface area contributed by atoms with Crippen LogP contribution in [-0.2, 0) is 0 Å². The lowest BCUT2D eigenvalue weighted by atomic mass is 10.2. The van der Waals surface area contributed by atoms with Gasteiger partial charge < -0.3 is 14.6 Å². The fourth-order valence-electron chi connectivity index (χ4n) is 1.50. The molecule has 0 heterocycles. The molecular formula is C14H11O3S-. The molecule has 0 N–H and O–H groups in total. The first-order valence-corrected chi connectivity index (χ1v) is 6.14. The van der Waals surface area contributed by atoms with Crippen LogP contribution in [0.25, 0.3) is 0 Å². The van der Waals surface area contributed by atoms with Gasteiger partial charge in [0.25, 0.3) is 0 Å². The van der Waals surface area contributed by atoms with Crippen molar-refractivity contribution < 1.29 is 14.6 Å². The first-order valence-electron chi connectivity index (χ1n) is 5.33. The van der Waals surface area contributed by atoms with Crippen LogP contribution < -0.4 is 9.84 Å². The number of hydrogen-bond acceptors (Lipinski definition) is 4. The molecule has 92 valence electrons. The van der Waals surface area contributed by atoms with Gasteiger partial charge >= 0.3 is 0 Å². The van der Waals surface area contributed by atoms with Gasteiger partial charge in [0.2, 0.25) is 0 Å². The molecule has 18 heavy (non-hydrogen) atoms. The van der Waals surface area contributed by atoms with Gasteiger partial charge in [-0.15, -0.1) is 0 Å². The molecule has 0 aliphatic carbocycles. The summed E-state index contributed by atoms with van der Waals surface area (Å²) in [6.07, 6.45) is 0. The summed E-state index contributed by atoms with van der Waals surface area (Å²) in [5.74, 6) is -0.390. The standard InChI is InChI=1S/C14H12O3S/c1-17-10-6-8-11(9-7-10)18-13-5-3-2-4-12(13)14(15)16/h2-9H,1H3,(H,15,16)/p-1. The number of rotatable bonds is 4. The highest BCUT2D eigenvalue weighted by Crippen LogP contribution is 2.31. The van der Waals surface area contributed by atoms with Gasteiger partial charge in [0.15, 0.2) is 0 Å². The normalized spacial score (nSPS) is 10.1. The fraction of sp³-hybridized carbons (Fsp3) is 0.0714. The summed E-state index contributed by atoms with van der Waals surface area (Å²) < 4.78 is 5.07. The van der Waals surface area contributed by atoms with Crippen LogP contribution in [0.5, 0.6) is 5.75 Å². The molecule has 0 unspecified atom stereocenters. The molecule has 0 atom stereocenters. The smallest absolute Gasteiger partial charge is 0.118 e. The van der Waals surface area contributed by atoms with Crippen LogP contribution in [0.1, 0.15) is 10.4 Å². The minimum Gasteiger partial charge on any atom is -0.545 e. The number of methoxy groups -OCH3 is 1. The third-order valence-corrected chi connectivity index (χ3v) is 3.48. The maximum absolute atomic E-state index is 11.0. The topological polar surface area (TPSA) is 49.4 Å². The summed E-state index contributed by atoms with van der Waals surface area (Å²) in [6, 6.07) is 14.2. The molecule has 0 aromatic heterocycles. The van der Waals surface area contributed by atoms with E-state index in [1.807, 2.05) is 24.3 Å². The Morgan fingerprint density at radius 2 is 1.78 bits per heavy atom. The summed E-state index contributed by atoms with van der Waals surface area (Å²) in [4.78, 5) is 12.6. The molecule has 0 aliphatic heterocycles. The van der Waals surface area contributed by atoms with Gasteiger partial charge in [0.1, 0.15) is 5.75 Å². The summed E-state index contributed by atoms with van der Waals surface area (Å²) in [7, 11) is 1.60. The quantitative estimate of drug-likeness (QED) is 0.844. The summed E-state index contributed by atoms with van der Waals surface area (Å²) in [5, 5.41) is 11.0. The van der Waals surface area contributed by atoms with Crippen molar-refractivity contribution in [3.8, 4) is 5.75 Å². The van der Waals surface area contributed by atoms with Crippen LogP contribution in [0.3, 0.4) is 0 Å². The molecule has 0 saturated carbocycles. The Bertz CT molecular complexity index is 549. The average Bonchev–Trinajstić information content (AvgIpc) is 2.40. The van der Waals surface area contributed by atoms with Gasteiger partial charge in [0, 0.05) is 15.4 Å². The Morgan fingerprint density at radius 1 is 1.11 bits per heavy atom. The van der Waals surface area contributed by atoms with Gasteiger partial charge in [-0.25, -0.2) is 0 Å². The molecule has 0 spiro atoms. The van der Waals surface area contributed by atoms with E-state index in [9.17, 15) is 9.90 Å². The highest BCUT2D eigenvalue weighted by atomic mass is 32.2. The van der Waals surface area contributed by atoms with E-state index in [0.717, 1.165) is 10.6 Å². The summed E-state index contributed by atoms with van der Waals surface area (Å²) >= 11 is 1.39. The van der Waals surface area contributed by atoms with Crippen LogP contribution in [0, 0.1) is 0 Å². The SMILES string of the molecule is COc1ccc(Sc2ccccc2C(=O)[O-])cc1. The van der Waals surface area contributed by atoms with Crippen LogP contribution in [0.2, 0.25) is 0 Å². The molecule has 4 heteroatoms. The lowest BCUT2D eigenvalue weighted by molar-refractivity contribution is -0.255. The van der Waals surface area contributed by atoms with E-state index in [-0.39, 0.29) is 5.56 Å².